The topological polar surface area (TPSA) is 101 Å². The molecule has 0 fully saturated rings. The van der Waals surface area contributed by atoms with Crippen molar-refractivity contribution in [2.24, 2.45) is 0 Å². The zero-order valence-corrected chi connectivity index (χ0v) is 17.9. The minimum atomic E-state index is -3.80. The average Bonchev–Trinajstić information content (AvgIpc) is 3.16. The van der Waals surface area contributed by atoms with E-state index in [-0.39, 0.29) is 21.9 Å². The Hall–Kier alpha value is -2.33. The van der Waals surface area contributed by atoms with Gasteiger partial charge in [0, 0.05) is 17.1 Å². The fraction of sp³-hybridized carbons (Fsp3) is 0.211. The Morgan fingerprint density at radius 2 is 1.83 bits per heavy atom. The van der Waals surface area contributed by atoms with Crippen LogP contribution in [0.1, 0.15) is 27.9 Å². The lowest BCUT2D eigenvalue weighted by atomic mass is 10.1. The number of halogens is 1. The number of carbonyl (C=O) groups excluding carboxylic acids is 1. The number of sulfonamides is 1. The van der Waals surface area contributed by atoms with E-state index in [0.29, 0.717) is 23.4 Å². The third-order valence-corrected chi connectivity index (χ3v) is 7.16. The molecule has 3 aromatic rings. The number of rotatable bonds is 8. The van der Waals surface area contributed by atoms with Crippen molar-refractivity contribution in [2.75, 3.05) is 11.9 Å². The number of nitrogens with one attached hydrogen (secondary N) is 2. The average molecular weight is 451 g/mol. The van der Waals surface area contributed by atoms with Crippen molar-refractivity contribution >= 4 is 44.0 Å². The molecule has 0 bridgehead atoms. The number of benzene rings is 2. The molecule has 3 rings (SSSR count). The quantitative estimate of drug-likeness (QED) is 0.403. The van der Waals surface area contributed by atoms with E-state index in [9.17, 15) is 13.2 Å². The van der Waals surface area contributed by atoms with Crippen LogP contribution in [0, 0.1) is 6.92 Å². The van der Waals surface area contributed by atoms with E-state index in [4.69, 9.17) is 11.6 Å². The van der Waals surface area contributed by atoms with Crippen molar-refractivity contribution in [3.63, 3.8) is 0 Å². The van der Waals surface area contributed by atoms with E-state index in [0.717, 1.165) is 22.5 Å². The Balaban J connectivity index is 1.56. The highest BCUT2D eigenvalue weighted by Gasteiger charge is 2.21. The zero-order valence-electron chi connectivity index (χ0n) is 15.6. The van der Waals surface area contributed by atoms with Crippen molar-refractivity contribution < 1.29 is 13.2 Å². The minimum absolute atomic E-state index is 0.120. The van der Waals surface area contributed by atoms with Gasteiger partial charge in [0.25, 0.3) is 15.9 Å². The zero-order chi connectivity index (χ0) is 20.9. The molecule has 0 aliphatic carbocycles. The number of aromatic nitrogens is 2. The Bertz CT molecular complexity index is 1120. The summed E-state index contributed by atoms with van der Waals surface area (Å²) in [5.41, 5.74) is 2.26. The normalized spacial score (nSPS) is 11.4. The summed E-state index contributed by atoms with van der Waals surface area (Å²) in [5, 5.41) is 10.8. The van der Waals surface area contributed by atoms with Crippen LogP contribution in [0.2, 0.25) is 5.02 Å². The number of nitrogens with zero attached hydrogens (tertiary/aromatic N) is 2. The third kappa shape index (κ3) is 5.60. The van der Waals surface area contributed by atoms with Gasteiger partial charge < -0.3 is 0 Å². The summed E-state index contributed by atoms with van der Waals surface area (Å²) in [5.74, 6) is -0.365. The van der Waals surface area contributed by atoms with Gasteiger partial charge in [0.1, 0.15) is 0 Å². The Labute approximate surface area is 178 Å². The van der Waals surface area contributed by atoms with Gasteiger partial charge in [0.2, 0.25) is 9.47 Å². The van der Waals surface area contributed by atoms with Crippen LogP contribution >= 0.6 is 22.9 Å². The van der Waals surface area contributed by atoms with E-state index >= 15 is 0 Å². The molecule has 0 spiro atoms. The first kappa shape index (κ1) is 21.4. The highest BCUT2D eigenvalue weighted by atomic mass is 35.5. The molecule has 1 amide bonds. The number of hydrogen-bond acceptors (Lipinski definition) is 6. The van der Waals surface area contributed by atoms with E-state index < -0.39 is 10.0 Å². The summed E-state index contributed by atoms with van der Waals surface area (Å²) in [6.07, 6.45) is 1.23. The third-order valence-electron chi connectivity index (χ3n) is 4.12. The smallest absolute Gasteiger partial charge is 0.269 e. The summed E-state index contributed by atoms with van der Waals surface area (Å²) >= 11 is 6.90. The van der Waals surface area contributed by atoms with E-state index in [2.05, 4.69) is 20.2 Å². The van der Waals surface area contributed by atoms with Gasteiger partial charge >= 0.3 is 0 Å². The Morgan fingerprint density at radius 1 is 1.10 bits per heavy atom. The maximum absolute atomic E-state index is 12.4. The van der Waals surface area contributed by atoms with Crippen molar-refractivity contribution in [3.05, 3.63) is 70.2 Å². The Morgan fingerprint density at radius 3 is 2.59 bits per heavy atom. The number of hydrogen-bond donors (Lipinski definition) is 2. The number of anilines is 1. The largest absolute Gasteiger partial charge is 0.296 e. The molecule has 0 atom stereocenters. The monoisotopic (exact) mass is 450 g/mol. The molecule has 7 nitrogen and oxygen atoms in total. The molecule has 0 saturated heterocycles. The number of amides is 1. The van der Waals surface area contributed by atoms with Crippen molar-refractivity contribution in [3.8, 4) is 0 Å². The van der Waals surface area contributed by atoms with E-state index in [1.54, 1.807) is 18.2 Å². The minimum Gasteiger partial charge on any atom is -0.296 e. The van der Waals surface area contributed by atoms with Crippen LogP contribution < -0.4 is 10.0 Å². The summed E-state index contributed by atoms with van der Waals surface area (Å²) < 4.78 is 27.1. The predicted molar refractivity (Wildman–Crippen MR) is 114 cm³/mol. The van der Waals surface area contributed by atoms with E-state index in [1.807, 2.05) is 37.3 Å². The molecule has 2 aromatic carbocycles. The summed E-state index contributed by atoms with van der Waals surface area (Å²) in [6.45, 7) is 2.05. The first-order valence-corrected chi connectivity index (χ1v) is 11.5. The Kier molecular flexibility index (Phi) is 6.96. The standard InChI is InChI=1S/C19H19ClN4O3S2/c1-13-7-2-4-10-15(13)17(25)22-18-23-24-19(28-18)29(26,27)21-12-6-9-14-8-3-5-11-16(14)20/h2-5,7-8,10-11,21H,6,9,12H2,1H3,(H,22,23,25). The first-order chi connectivity index (χ1) is 13.9. The van der Waals surface area contributed by atoms with Gasteiger partial charge in [-0.15, -0.1) is 10.2 Å². The number of aryl methyl sites for hydroxylation is 2. The molecule has 29 heavy (non-hydrogen) atoms. The van der Waals surface area contributed by atoms with Crippen molar-refractivity contribution in [1.29, 1.82) is 0 Å². The molecule has 152 valence electrons. The van der Waals surface area contributed by atoms with E-state index in [1.165, 1.54) is 0 Å². The fourth-order valence-corrected chi connectivity index (χ4v) is 4.85. The molecule has 1 aromatic heterocycles. The molecule has 2 N–H and O–H groups in total. The fourth-order valence-electron chi connectivity index (χ4n) is 2.61. The second-order valence-electron chi connectivity index (χ2n) is 6.23. The van der Waals surface area contributed by atoms with Gasteiger partial charge in [0.15, 0.2) is 0 Å². The lowest BCUT2D eigenvalue weighted by Crippen LogP contribution is -2.25. The molecular weight excluding hydrogens is 432 g/mol. The number of carbonyl (C=O) groups is 1. The van der Waals surface area contributed by atoms with Gasteiger partial charge in [-0.05, 0) is 43.0 Å². The highest BCUT2D eigenvalue weighted by molar-refractivity contribution is 7.91. The summed E-state index contributed by atoms with van der Waals surface area (Å²) in [6, 6.07) is 14.5. The van der Waals surface area contributed by atoms with Crippen molar-refractivity contribution in [1.82, 2.24) is 14.9 Å². The second-order valence-corrected chi connectivity index (χ2v) is 9.56. The van der Waals surface area contributed by atoms with Gasteiger partial charge in [-0.1, -0.05) is 59.3 Å². The van der Waals surface area contributed by atoms with Gasteiger partial charge in [0.05, 0.1) is 0 Å². The molecule has 0 saturated carbocycles. The first-order valence-electron chi connectivity index (χ1n) is 8.80. The van der Waals surface area contributed by atoms with Crippen LogP contribution in [0.5, 0.6) is 0 Å². The van der Waals surface area contributed by atoms with Crippen LogP contribution in [0.15, 0.2) is 52.9 Å². The lowest BCUT2D eigenvalue weighted by molar-refractivity contribution is 0.102. The molecule has 0 aliphatic heterocycles. The highest BCUT2D eigenvalue weighted by Crippen LogP contribution is 2.21. The molecule has 10 heteroatoms. The van der Waals surface area contributed by atoms with Gasteiger partial charge in [-0.2, -0.15) is 0 Å². The maximum atomic E-state index is 12.4. The molecular formula is C19H19ClN4O3S2. The molecule has 0 aliphatic rings. The SMILES string of the molecule is Cc1ccccc1C(=O)Nc1nnc(S(=O)(=O)NCCCc2ccccc2Cl)s1. The molecule has 1 heterocycles. The molecule has 0 unspecified atom stereocenters. The second kappa shape index (κ2) is 9.45. The predicted octanol–water partition coefficient (Wildman–Crippen LogP) is 3.66. The van der Waals surface area contributed by atoms with Crippen LogP contribution in [-0.2, 0) is 16.4 Å². The maximum Gasteiger partial charge on any atom is 0.269 e. The van der Waals surface area contributed by atoms with Gasteiger partial charge in [-0.25, -0.2) is 13.1 Å². The van der Waals surface area contributed by atoms with Crippen LogP contribution in [-0.4, -0.2) is 31.1 Å². The summed E-state index contributed by atoms with van der Waals surface area (Å²) in [4.78, 5) is 12.3. The van der Waals surface area contributed by atoms with Gasteiger partial charge in [-0.3, -0.25) is 10.1 Å². The summed E-state index contributed by atoms with van der Waals surface area (Å²) in [7, 11) is -3.80. The molecule has 0 radical (unpaired) electrons. The van der Waals surface area contributed by atoms with Crippen LogP contribution in [0.25, 0.3) is 0 Å². The van der Waals surface area contributed by atoms with Crippen LogP contribution in [0.3, 0.4) is 0 Å². The van der Waals surface area contributed by atoms with Crippen molar-refractivity contribution in [2.45, 2.75) is 24.1 Å². The lowest BCUT2D eigenvalue weighted by Gasteiger charge is -2.05. The van der Waals surface area contributed by atoms with Crippen LogP contribution in [0.4, 0.5) is 5.13 Å².